The summed E-state index contributed by atoms with van der Waals surface area (Å²) in [5.41, 5.74) is 2.07. The standard InChI is InChI=1S/C29H20N6O10S3/c36-28-20-11-13-23-26(31-29(30-23)16-4-2-1-3-5-16)21(20)15-24(47-45-43-38)27(28)35-34-22-12-8-18(14-25(22)48(39,40)41)33-32-17-6-9-19(10-7-17)46-44-42-37/h1-15,36-38H,(H,30,31)(H,39,40,41)/b33-32+,35-34+. The predicted octanol–water partition coefficient (Wildman–Crippen LogP) is 9.02. The summed E-state index contributed by atoms with van der Waals surface area (Å²) in [4.78, 5) is 7.99. The van der Waals surface area contributed by atoms with E-state index in [1.807, 2.05) is 30.3 Å². The van der Waals surface area contributed by atoms with Crippen LogP contribution in [0.25, 0.3) is 33.2 Å². The lowest BCUT2D eigenvalue weighted by Gasteiger charge is -2.10. The molecule has 244 valence electrons. The fourth-order valence-corrected chi connectivity index (χ4v) is 6.03. The molecular weight excluding hydrogens is 689 g/mol. The zero-order valence-corrected chi connectivity index (χ0v) is 26.3. The molecule has 0 amide bonds. The second-order valence-electron chi connectivity index (χ2n) is 9.55. The van der Waals surface area contributed by atoms with Gasteiger partial charge in [0.05, 0.1) is 51.4 Å². The van der Waals surface area contributed by atoms with Crippen LogP contribution in [0.2, 0.25) is 0 Å². The maximum Gasteiger partial charge on any atom is 0.296 e. The Kier molecular flexibility index (Phi) is 10.0. The van der Waals surface area contributed by atoms with Crippen LogP contribution in [0.15, 0.2) is 126 Å². The van der Waals surface area contributed by atoms with Gasteiger partial charge in [0, 0.05) is 21.2 Å². The summed E-state index contributed by atoms with van der Waals surface area (Å²) in [7, 11) is -4.83. The number of hydrogen-bond acceptors (Lipinski definition) is 16. The number of azo groups is 2. The Bertz CT molecular complexity index is 2270. The Hall–Kier alpha value is -4.80. The molecule has 1 heterocycles. The van der Waals surface area contributed by atoms with Crippen LogP contribution in [0.4, 0.5) is 22.7 Å². The fraction of sp³-hybridized carbons (Fsp3) is 0. The van der Waals surface area contributed by atoms with E-state index in [1.165, 1.54) is 12.1 Å². The average Bonchev–Trinajstić information content (AvgIpc) is 3.54. The number of phenolic OH excluding ortho intramolecular Hbond substituents is 1. The van der Waals surface area contributed by atoms with Gasteiger partial charge in [0.15, 0.2) is 5.75 Å². The number of rotatable bonds is 12. The van der Waals surface area contributed by atoms with Crippen molar-refractivity contribution in [2.24, 2.45) is 20.5 Å². The number of aromatic amines is 1. The van der Waals surface area contributed by atoms with E-state index in [-0.39, 0.29) is 27.7 Å². The number of fused-ring (bicyclic) bond motifs is 3. The lowest BCUT2D eigenvalue weighted by Crippen LogP contribution is -1.98. The number of hydrogen-bond donors (Lipinski definition) is 5. The summed E-state index contributed by atoms with van der Waals surface area (Å²) >= 11 is 1.26. The smallest absolute Gasteiger partial charge is 0.296 e. The van der Waals surface area contributed by atoms with Gasteiger partial charge in [0.1, 0.15) is 22.1 Å². The van der Waals surface area contributed by atoms with Crippen LogP contribution in [-0.2, 0) is 28.9 Å². The Labute approximate surface area is 278 Å². The summed E-state index contributed by atoms with van der Waals surface area (Å²) in [5, 5.41) is 52.7. The van der Waals surface area contributed by atoms with Crippen LogP contribution >= 0.6 is 24.1 Å². The van der Waals surface area contributed by atoms with Crippen molar-refractivity contribution < 1.29 is 47.3 Å². The summed E-state index contributed by atoms with van der Waals surface area (Å²) in [6, 6.07) is 24.4. The Morgan fingerprint density at radius 1 is 0.750 bits per heavy atom. The first kappa shape index (κ1) is 33.1. The molecule has 0 aliphatic carbocycles. The first-order valence-electron chi connectivity index (χ1n) is 13.3. The van der Waals surface area contributed by atoms with Crippen LogP contribution in [0.3, 0.4) is 0 Å². The molecule has 16 nitrogen and oxygen atoms in total. The highest BCUT2D eigenvalue weighted by Gasteiger charge is 2.20. The van der Waals surface area contributed by atoms with Crippen LogP contribution in [0.1, 0.15) is 0 Å². The van der Waals surface area contributed by atoms with Crippen LogP contribution in [0, 0.1) is 0 Å². The molecule has 0 atom stereocenters. The van der Waals surface area contributed by atoms with E-state index in [0.29, 0.717) is 50.3 Å². The molecule has 5 N–H and O–H groups in total. The van der Waals surface area contributed by atoms with Gasteiger partial charge in [-0.3, -0.25) is 4.55 Å². The van der Waals surface area contributed by atoms with Crippen molar-refractivity contribution in [3.8, 4) is 17.1 Å². The Balaban J connectivity index is 1.36. The minimum absolute atomic E-state index is 0.0637. The third kappa shape index (κ3) is 7.35. The molecule has 0 aliphatic rings. The second kappa shape index (κ2) is 14.5. The van der Waals surface area contributed by atoms with E-state index in [0.717, 1.165) is 23.7 Å². The Morgan fingerprint density at radius 2 is 1.46 bits per heavy atom. The van der Waals surface area contributed by atoms with E-state index in [2.05, 4.69) is 49.2 Å². The molecule has 6 aromatic rings. The molecule has 0 aliphatic heterocycles. The number of nitrogens with zero attached hydrogens (tertiary/aromatic N) is 5. The zero-order chi connectivity index (χ0) is 33.7. The minimum Gasteiger partial charge on any atom is -0.505 e. The maximum absolute atomic E-state index is 12.3. The quantitative estimate of drug-likeness (QED) is 0.0263. The first-order valence-corrected chi connectivity index (χ1v) is 16.3. The van der Waals surface area contributed by atoms with Crippen molar-refractivity contribution in [1.29, 1.82) is 0 Å². The highest BCUT2D eigenvalue weighted by Crippen LogP contribution is 2.46. The third-order valence-corrected chi connectivity index (χ3v) is 8.74. The van der Waals surface area contributed by atoms with Crippen molar-refractivity contribution in [3.63, 3.8) is 0 Å². The van der Waals surface area contributed by atoms with Gasteiger partial charge in [-0.15, -0.1) is 18.9 Å². The summed E-state index contributed by atoms with van der Waals surface area (Å²) in [6.07, 6.45) is 0. The van der Waals surface area contributed by atoms with Crippen LogP contribution < -0.4 is 0 Å². The summed E-state index contributed by atoms with van der Waals surface area (Å²) < 4.78 is 43.6. The largest absolute Gasteiger partial charge is 0.505 e. The van der Waals surface area contributed by atoms with Crippen molar-refractivity contribution in [2.45, 2.75) is 14.7 Å². The normalized spacial score (nSPS) is 12.2. The highest BCUT2D eigenvalue weighted by molar-refractivity contribution is 7.94. The summed E-state index contributed by atoms with van der Waals surface area (Å²) in [6.45, 7) is 0. The third-order valence-electron chi connectivity index (χ3n) is 6.65. The molecule has 0 unspecified atom stereocenters. The van der Waals surface area contributed by atoms with Crippen LogP contribution in [-0.4, -0.2) is 38.6 Å². The van der Waals surface area contributed by atoms with Gasteiger partial charge in [0.25, 0.3) is 10.1 Å². The lowest BCUT2D eigenvalue weighted by atomic mass is 10.1. The van der Waals surface area contributed by atoms with Crippen molar-refractivity contribution in [3.05, 3.63) is 91.0 Å². The van der Waals surface area contributed by atoms with E-state index in [4.69, 9.17) is 10.5 Å². The number of aromatic nitrogens is 2. The van der Waals surface area contributed by atoms with Gasteiger partial charge in [-0.1, -0.05) is 40.4 Å². The molecule has 0 bridgehead atoms. The SMILES string of the molecule is O=S(=O)(O)c1cc(/N=N/c2ccc(SOOO)cc2)ccc1/N=N/c1c(SOOO)cc2c(ccc3nc(-c4ccccc4)[nH]c32)c1O. The van der Waals surface area contributed by atoms with Gasteiger partial charge in [-0.25, -0.2) is 15.5 Å². The number of nitrogens with one attached hydrogen (secondary N) is 1. The van der Waals surface area contributed by atoms with E-state index in [9.17, 15) is 18.1 Å². The number of benzene rings is 5. The first-order chi connectivity index (χ1) is 23.2. The summed E-state index contributed by atoms with van der Waals surface area (Å²) in [5.74, 6) is 0.250. The van der Waals surface area contributed by atoms with Gasteiger partial charge in [-0.2, -0.15) is 18.6 Å². The maximum atomic E-state index is 12.3. The number of phenols is 1. The number of H-pyrrole nitrogens is 1. The number of imidazole rings is 1. The minimum atomic E-state index is -4.83. The Morgan fingerprint density at radius 3 is 2.19 bits per heavy atom. The molecule has 1 aromatic heterocycles. The highest BCUT2D eigenvalue weighted by atomic mass is 32.2. The molecule has 0 saturated heterocycles. The average molecular weight is 709 g/mol. The second-order valence-corrected chi connectivity index (χ2v) is 12.5. The molecule has 0 fully saturated rings. The topological polar surface area (TPSA) is 230 Å². The number of aromatic hydroxyl groups is 1. The molecule has 6 rings (SSSR count). The monoisotopic (exact) mass is 708 g/mol. The van der Waals surface area contributed by atoms with Crippen molar-refractivity contribution >= 4 is 78.8 Å². The molecular formula is C29H20N6O10S3. The van der Waals surface area contributed by atoms with E-state index >= 15 is 0 Å². The van der Waals surface area contributed by atoms with Gasteiger partial charge in [-0.05, 0) is 60.7 Å². The van der Waals surface area contributed by atoms with Crippen LogP contribution in [0.5, 0.6) is 5.75 Å². The van der Waals surface area contributed by atoms with Crippen molar-refractivity contribution in [2.75, 3.05) is 0 Å². The van der Waals surface area contributed by atoms with Gasteiger partial charge < -0.3 is 10.1 Å². The van der Waals surface area contributed by atoms with E-state index < -0.39 is 15.0 Å². The predicted molar refractivity (Wildman–Crippen MR) is 173 cm³/mol. The molecule has 19 heteroatoms. The van der Waals surface area contributed by atoms with Gasteiger partial charge >= 0.3 is 0 Å². The molecule has 0 radical (unpaired) electrons. The molecule has 0 spiro atoms. The van der Waals surface area contributed by atoms with Gasteiger partial charge in [0.2, 0.25) is 0 Å². The molecule has 48 heavy (non-hydrogen) atoms. The molecule has 5 aromatic carbocycles. The van der Waals surface area contributed by atoms with Crippen molar-refractivity contribution in [1.82, 2.24) is 9.97 Å². The lowest BCUT2D eigenvalue weighted by molar-refractivity contribution is -0.432. The van der Waals surface area contributed by atoms with E-state index in [1.54, 1.807) is 42.5 Å². The zero-order valence-electron chi connectivity index (χ0n) is 23.9. The molecule has 0 saturated carbocycles. The fourth-order valence-electron chi connectivity index (χ4n) is 4.54.